The van der Waals surface area contributed by atoms with Gasteiger partial charge in [-0.15, -0.1) is 10.2 Å². The number of hydrogen-bond donors (Lipinski definition) is 1. The van der Waals surface area contributed by atoms with E-state index in [2.05, 4.69) is 15.2 Å². The van der Waals surface area contributed by atoms with Crippen molar-refractivity contribution in [3.05, 3.63) is 70.9 Å². The Labute approximate surface area is 215 Å². The molecule has 0 bridgehead atoms. The Morgan fingerprint density at radius 2 is 1.92 bits per heavy atom. The van der Waals surface area contributed by atoms with Crippen molar-refractivity contribution in [3.63, 3.8) is 0 Å². The third-order valence-electron chi connectivity index (χ3n) is 6.82. The molecule has 12 heteroatoms. The summed E-state index contributed by atoms with van der Waals surface area (Å²) in [7, 11) is 0. The summed E-state index contributed by atoms with van der Waals surface area (Å²) in [5.41, 5.74) is 2.57. The summed E-state index contributed by atoms with van der Waals surface area (Å²) in [6, 6.07) is 8.46. The highest BCUT2D eigenvalue weighted by Gasteiger charge is 2.44. The lowest BCUT2D eigenvalue weighted by Gasteiger charge is -2.37. The molecule has 0 atom stereocenters. The van der Waals surface area contributed by atoms with Crippen molar-refractivity contribution >= 4 is 23.5 Å². The SMILES string of the molecule is CC1(C)C(=O)N(Cc2ccc(-c3nnc(C(F)F)o3)cn2)C(=O)c2ccc(C3=CCN(C(=O)O)CC3)cc21. The molecule has 0 fully saturated rings. The largest absolute Gasteiger partial charge is 0.465 e. The molecule has 0 aliphatic carbocycles. The van der Waals surface area contributed by atoms with Crippen molar-refractivity contribution < 1.29 is 32.7 Å². The standard InChI is InChI=1S/C26H23F2N5O5/c1-26(2)19-11-15(14-7-9-32(10-8-14)25(36)37)4-6-18(19)23(34)33(24(26)35)13-17-5-3-16(12-29-17)21-30-31-22(38-21)20(27)28/h3-7,11-12,20H,8-10,13H2,1-2H3,(H,36,37). The normalized spacial score (nSPS) is 17.0. The number of fused-ring (bicyclic) bond motifs is 1. The summed E-state index contributed by atoms with van der Waals surface area (Å²) in [4.78, 5) is 44.8. The molecular weight excluding hydrogens is 500 g/mol. The van der Waals surface area contributed by atoms with Crippen molar-refractivity contribution in [2.75, 3.05) is 13.1 Å². The summed E-state index contributed by atoms with van der Waals surface area (Å²) in [5, 5.41) is 16.0. The van der Waals surface area contributed by atoms with Gasteiger partial charge in [0.25, 0.3) is 11.8 Å². The minimum absolute atomic E-state index is 0.0785. The topological polar surface area (TPSA) is 130 Å². The fourth-order valence-corrected chi connectivity index (χ4v) is 4.63. The van der Waals surface area contributed by atoms with Crippen molar-refractivity contribution in [2.45, 2.75) is 38.7 Å². The first kappa shape index (κ1) is 25.2. The monoisotopic (exact) mass is 523 g/mol. The molecule has 10 nitrogen and oxygen atoms in total. The lowest BCUT2D eigenvalue weighted by atomic mass is 9.76. The molecule has 2 aromatic heterocycles. The fourth-order valence-electron chi connectivity index (χ4n) is 4.63. The van der Waals surface area contributed by atoms with Gasteiger partial charge in [-0.25, -0.2) is 4.79 Å². The van der Waals surface area contributed by atoms with E-state index in [9.17, 15) is 28.3 Å². The number of carboxylic acid groups (broad SMARTS) is 1. The van der Waals surface area contributed by atoms with Gasteiger partial charge in [0, 0.05) is 24.8 Å². The lowest BCUT2D eigenvalue weighted by molar-refractivity contribution is -0.134. The molecule has 1 N–H and O–H groups in total. The molecule has 38 heavy (non-hydrogen) atoms. The predicted octanol–water partition coefficient (Wildman–Crippen LogP) is 4.30. The summed E-state index contributed by atoms with van der Waals surface area (Å²) < 4.78 is 30.4. The first-order chi connectivity index (χ1) is 18.1. The molecule has 0 saturated carbocycles. The molecule has 196 valence electrons. The number of nitrogens with zero attached hydrogens (tertiary/aromatic N) is 5. The second kappa shape index (κ2) is 9.43. The van der Waals surface area contributed by atoms with E-state index < -0.39 is 29.7 Å². The second-order valence-corrected chi connectivity index (χ2v) is 9.57. The highest BCUT2D eigenvalue weighted by atomic mass is 19.3. The zero-order valence-electron chi connectivity index (χ0n) is 20.5. The van der Waals surface area contributed by atoms with Crippen LogP contribution < -0.4 is 0 Å². The van der Waals surface area contributed by atoms with Gasteiger partial charge in [-0.2, -0.15) is 8.78 Å². The van der Waals surface area contributed by atoms with Crippen LogP contribution in [-0.2, 0) is 16.8 Å². The average Bonchev–Trinajstić information content (AvgIpc) is 3.41. The van der Waals surface area contributed by atoms with Crippen molar-refractivity contribution in [3.8, 4) is 11.5 Å². The van der Waals surface area contributed by atoms with Crippen molar-refractivity contribution in [1.82, 2.24) is 25.0 Å². The number of benzene rings is 1. The Bertz CT molecular complexity index is 1460. The van der Waals surface area contributed by atoms with Crippen LogP contribution in [0.1, 0.15) is 59.8 Å². The maximum absolute atomic E-state index is 13.5. The van der Waals surface area contributed by atoms with Gasteiger partial charge in [0.2, 0.25) is 11.8 Å². The van der Waals surface area contributed by atoms with Crippen LogP contribution in [0.4, 0.5) is 13.6 Å². The van der Waals surface area contributed by atoms with Gasteiger partial charge in [0.05, 0.1) is 23.2 Å². The van der Waals surface area contributed by atoms with E-state index in [1.165, 1.54) is 11.1 Å². The molecule has 0 saturated heterocycles. The number of pyridine rings is 1. The lowest BCUT2D eigenvalue weighted by Crippen LogP contribution is -2.51. The van der Waals surface area contributed by atoms with Gasteiger partial charge in [-0.1, -0.05) is 12.1 Å². The number of carbonyl (C=O) groups is 3. The van der Waals surface area contributed by atoms with Crippen LogP contribution in [0.5, 0.6) is 0 Å². The molecule has 0 radical (unpaired) electrons. The molecule has 0 spiro atoms. The van der Waals surface area contributed by atoms with E-state index in [0.29, 0.717) is 35.3 Å². The Balaban J connectivity index is 1.38. The molecule has 5 rings (SSSR count). The Hall–Kier alpha value is -4.48. The van der Waals surface area contributed by atoms with Gasteiger partial charge in [-0.05, 0) is 61.2 Å². The maximum Gasteiger partial charge on any atom is 0.407 e. The highest BCUT2D eigenvalue weighted by molar-refractivity contribution is 6.13. The molecule has 3 amide bonds. The van der Waals surface area contributed by atoms with Crippen LogP contribution in [0.15, 0.2) is 47.0 Å². The van der Waals surface area contributed by atoms with Crippen LogP contribution in [0.2, 0.25) is 0 Å². The molecule has 2 aliphatic heterocycles. The number of carbonyl (C=O) groups excluding carboxylic acids is 2. The Kier molecular flexibility index (Phi) is 6.25. The summed E-state index contributed by atoms with van der Waals surface area (Å²) in [5.74, 6) is -1.74. The molecule has 1 aromatic carbocycles. The molecule has 2 aliphatic rings. The van der Waals surface area contributed by atoms with Crippen LogP contribution in [0.25, 0.3) is 17.0 Å². The Morgan fingerprint density at radius 1 is 1.16 bits per heavy atom. The number of hydrogen-bond acceptors (Lipinski definition) is 7. The third kappa shape index (κ3) is 4.42. The third-order valence-corrected chi connectivity index (χ3v) is 6.82. The first-order valence-electron chi connectivity index (χ1n) is 11.8. The zero-order valence-corrected chi connectivity index (χ0v) is 20.5. The van der Waals surface area contributed by atoms with E-state index >= 15 is 0 Å². The van der Waals surface area contributed by atoms with Crippen molar-refractivity contribution in [2.24, 2.45) is 0 Å². The smallest absolute Gasteiger partial charge is 0.407 e. The van der Waals surface area contributed by atoms with E-state index in [4.69, 9.17) is 4.42 Å². The van der Waals surface area contributed by atoms with Crippen LogP contribution in [-0.4, -0.2) is 61.1 Å². The number of imide groups is 1. The van der Waals surface area contributed by atoms with Gasteiger partial charge >= 0.3 is 12.5 Å². The van der Waals surface area contributed by atoms with Gasteiger partial charge in [-0.3, -0.25) is 19.5 Å². The Morgan fingerprint density at radius 3 is 2.53 bits per heavy atom. The average molecular weight is 523 g/mol. The summed E-state index contributed by atoms with van der Waals surface area (Å²) in [6.45, 7) is 4.09. The second-order valence-electron chi connectivity index (χ2n) is 9.57. The van der Waals surface area contributed by atoms with Crippen molar-refractivity contribution in [1.29, 1.82) is 0 Å². The minimum Gasteiger partial charge on any atom is -0.465 e. The van der Waals surface area contributed by atoms with Gasteiger partial charge in [0.15, 0.2) is 0 Å². The summed E-state index contributed by atoms with van der Waals surface area (Å²) >= 11 is 0. The highest BCUT2D eigenvalue weighted by Crippen LogP contribution is 2.37. The molecular formula is C26H23F2N5O5. The van der Waals surface area contributed by atoms with Gasteiger partial charge in [0.1, 0.15) is 0 Å². The predicted molar refractivity (Wildman–Crippen MR) is 129 cm³/mol. The quantitative estimate of drug-likeness (QED) is 0.490. The number of halogens is 2. The maximum atomic E-state index is 13.5. The number of alkyl halides is 2. The molecule has 0 unspecified atom stereocenters. The minimum atomic E-state index is -2.89. The van der Waals surface area contributed by atoms with E-state index in [-0.39, 0.29) is 24.9 Å². The van der Waals surface area contributed by atoms with E-state index in [1.54, 1.807) is 32.0 Å². The fraction of sp³-hybridized carbons (Fsp3) is 0.308. The van der Waals surface area contributed by atoms with Crippen LogP contribution in [0.3, 0.4) is 0 Å². The van der Waals surface area contributed by atoms with E-state index in [1.807, 2.05) is 18.2 Å². The summed E-state index contributed by atoms with van der Waals surface area (Å²) in [6.07, 6.45) is -0.116. The van der Waals surface area contributed by atoms with Crippen LogP contribution >= 0.6 is 0 Å². The number of rotatable bonds is 5. The number of aromatic nitrogens is 3. The number of amides is 3. The van der Waals surface area contributed by atoms with E-state index in [0.717, 1.165) is 16.0 Å². The molecule has 4 heterocycles. The molecule has 3 aromatic rings. The van der Waals surface area contributed by atoms with Crippen LogP contribution in [0, 0.1) is 0 Å². The first-order valence-corrected chi connectivity index (χ1v) is 11.8. The zero-order chi connectivity index (χ0) is 27.2. The van der Waals surface area contributed by atoms with Gasteiger partial charge < -0.3 is 14.4 Å².